The van der Waals surface area contributed by atoms with Crippen molar-refractivity contribution in [3.63, 3.8) is 0 Å². The fourth-order valence-electron chi connectivity index (χ4n) is 1.74. The molecule has 0 bridgehead atoms. The van der Waals surface area contributed by atoms with Gasteiger partial charge in [-0.3, -0.25) is 0 Å². The molecule has 0 amide bonds. The van der Waals surface area contributed by atoms with E-state index in [-0.39, 0.29) is 5.69 Å². The summed E-state index contributed by atoms with van der Waals surface area (Å²) in [4.78, 5) is 12.5. The molecule has 126 valence electrons. The van der Waals surface area contributed by atoms with Crippen LogP contribution in [0.1, 0.15) is 32.2 Å². The molecule has 0 fully saturated rings. The Morgan fingerprint density at radius 2 is 1.70 bits per heavy atom. The fourth-order valence-corrected chi connectivity index (χ4v) is 2.35. The summed E-state index contributed by atoms with van der Waals surface area (Å²) in [6, 6.07) is -0.722. The Morgan fingerprint density at radius 1 is 1.09 bits per heavy atom. The molecule has 7 nitrogen and oxygen atoms in total. The van der Waals surface area contributed by atoms with E-state index in [0.29, 0.717) is 5.69 Å². The molecule has 0 saturated heterocycles. The summed E-state index contributed by atoms with van der Waals surface area (Å²) in [5, 5.41) is 14.9. The van der Waals surface area contributed by atoms with E-state index in [9.17, 15) is 4.79 Å². The first-order chi connectivity index (χ1) is 10.4. The maximum Gasteiger partial charge on any atom is 0.372 e. The van der Waals surface area contributed by atoms with Gasteiger partial charge in [0.1, 0.15) is 5.69 Å². The molecule has 0 aliphatic carbocycles. The molecule has 0 unspecified atom stereocenters. The first-order valence-electron chi connectivity index (χ1n) is 6.19. The summed E-state index contributed by atoms with van der Waals surface area (Å²) in [6.45, 7) is 5.48. The number of carbonyl (C=O) groups excluding carboxylic acids is 1. The van der Waals surface area contributed by atoms with Gasteiger partial charge in [-0.05, 0) is 0 Å². The summed E-state index contributed by atoms with van der Waals surface area (Å²) in [6.07, 6.45) is 2.65. The smallest absolute Gasteiger partial charge is 0.243 e. The van der Waals surface area contributed by atoms with Crippen LogP contribution >= 0.6 is 58.0 Å². The van der Waals surface area contributed by atoms with Crippen molar-refractivity contribution in [2.75, 3.05) is 0 Å². The Morgan fingerprint density at radius 3 is 2.13 bits per heavy atom. The van der Waals surface area contributed by atoms with Gasteiger partial charge in [-0.2, -0.15) is 9.36 Å². The second kappa shape index (κ2) is 6.04. The third-order valence-corrected chi connectivity index (χ3v) is 5.19. The predicted molar refractivity (Wildman–Crippen MR) is 88.6 cm³/mol. The van der Waals surface area contributed by atoms with Crippen LogP contribution in [-0.4, -0.2) is 39.8 Å². The SMILES string of the molecule is CC(C)(C)c1nnn(C(=O)n2ccnn2)c1C(Cl)(Cl)C(Cl)(Cl)Cl. The van der Waals surface area contributed by atoms with Gasteiger partial charge < -0.3 is 0 Å². The Bertz CT molecular complexity index is 712. The van der Waals surface area contributed by atoms with Crippen molar-refractivity contribution in [2.45, 2.75) is 34.3 Å². The Kier molecular flexibility index (Phi) is 4.92. The van der Waals surface area contributed by atoms with E-state index in [1.807, 2.05) is 20.8 Å². The summed E-state index contributed by atoms with van der Waals surface area (Å²) in [5.74, 6) is 0. The van der Waals surface area contributed by atoms with Crippen LogP contribution in [0.25, 0.3) is 0 Å². The topological polar surface area (TPSA) is 78.5 Å². The van der Waals surface area contributed by atoms with Crippen molar-refractivity contribution in [3.8, 4) is 0 Å². The number of hydrogen-bond donors (Lipinski definition) is 0. The van der Waals surface area contributed by atoms with E-state index in [1.54, 1.807) is 0 Å². The molecular formula is C11H11Cl5N6O. The van der Waals surface area contributed by atoms with Crippen LogP contribution < -0.4 is 0 Å². The van der Waals surface area contributed by atoms with Crippen LogP contribution in [0.3, 0.4) is 0 Å². The van der Waals surface area contributed by atoms with Crippen molar-refractivity contribution in [1.82, 2.24) is 30.0 Å². The molecule has 0 spiro atoms. The number of aromatic nitrogens is 6. The highest BCUT2D eigenvalue weighted by atomic mass is 35.6. The number of hydrogen-bond acceptors (Lipinski definition) is 5. The highest BCUT2D eigenvalue weighted by molar-refractivity contribution is 6.75. The van der Waals surface area contributed by atoms with Crippen molar-refractivity contribution in [1.29, 1.82) is 0 Å². The van der Waals surface area contributed by atoms with Crippen molar-refractivity contribution in [2.24, 2.45) is 0 Å². The van der Waals surface area contributed by atoms with Crippen molar-refractivity contribution < 1.29 is 4.79 Å². The zero-order valence-corrected chi connectivity index (χ0v) is 15.9. The minimum atomic E-state index is -2.14. The van der Waals surface area contributed by atoms with Gasteiger partial charge in [0, 0.05) is 5.41 Å². The van der Waals surface area contributed by atoms with Crippen molar-refractivity contribution >= 4 is 64.0 Å². The number of nitrogens with zero attached hydrogens (tertiary/aromatic N) is 6. The Labute approximate surface area is 156 Å². The van der Waals surface area contributed by atoms with Gasteiger partial charge in [0.2, 0.25) is 8.13 Å². The molecule has 2 aromatic heterocycles. The molecule has 12 heteroatoms. The molecule has 0 radical (unpaired) electrons. The third kappa shape index (κ3) is 3.44. The molecule has 2 rings (SSSR count). The van der Waals surface area contributed by atoms with E-state index < -0.39 is 19.6 Å². The molecule has 0 aliphatic heterocycles. The van der Waals surface area contributed by atoms with E-state index in [2.05, 4.69) is 20.6 Å². The molecule has 0 aromatic carbocycles. The van der Waals surface area contributed by atoms with Crippen LogP contribution in [0, 0.1) is 0 Å². The first-order valence-corrected chi connectivity index (χ1v) is 8.08. The number of carbonyl (C=O) groups is 1. The van der Waals surface area contributed by atoms with Gasteiger partial charge in [-0.1, -0.05) is 89.2 Å². The highest BCUT2D eigenvalue weighted by Crippen LogP contribution is 2.54. The lowest BCUT2D eigenvalue weighted by atomic mass is 9.90. The summed E-state index contributed by atoms with van der Waals surface area (Å²) in [5.41, 5.74) is -0.308. The average Bonchev–Trinajstić information content (AvgIpc) is 3.05. The average molecular weight is 421 g/mol. The van der Waals surface area contributed by atoms with E-state index in [1.165, 1.54) is 12.4 Å². The minimum absolute atomic E-state index is 0.0474. The molecule has 0 saturated carbocycles. The summed E-state index contributed by atoms with van der Waals surface area (Å²) >= 11 is 30.2. The third-order valence-electron chi connectivity index (χ3n) is 2.83. The van der Waals surface area contributed by atoms with Crippen molar-refractivity contribution in [3.05, 3.63) is 23.8 Å². The Hall–Kier alpha value is -0.600. The molecule has 0 aliphatic rings. The second-order valence-electron chi connectivity index (χ2n) is 5.65. The predicted octanol–water partition coefficient (Wildman–Crippen LogP) is 3.68. The van der Waals surface area contributed by atoms with Crippen LogP contribution in [-0.2, 0) is 9.75 Å². The van der Waals surface area contributed by atoms with Crippen LogP contribution in [0.5, 0.6) is 0 Å². The lowest BCUT2D eigenvalue weighted by Crippen LogP contribution is -2.36. The molecular weight excluding hydrogens is 409 g/mol. The maximum atomic E-state index is 12.5. The number of rotatable bonds is 1. The molecule has 0 N–H and O–H groups in total. The maximum absolute atomic E-state index is 12.5. The normalized spacial score (nSPS) is 13.4. The van der Waals surface area contributed by atoms with E-state index >= 15 is 0 Å². The standard InChI is InChI=1S/C11H11Cl5N6O/c1-9(2,3)6-7(10(12,13)11(14,15)16)22(20-18-6)8(23)21-5-4-17-19-21/h4-5H,1-3H3. The zero-order valence-electron chi connectivity index (χ0n) is 12.1. The fraction of sp³-hybridized carbons (Fsp3) is 0.545. The van der Waals surface area contributed by atoms with Gasteiger partial charge in [0.25, 0.3) is 0 Å². The summed E-state index contributed by atoms with van der Waals surface area (Å²) in [7, 11) is 0. The van der Waals surface area contributed by atoms with Gasteiger partial charge in [-0.15, -0.1) is 10.2 Å². The minimum Gasteiger partial charge on any atom is -0.243 e. The second-order valence-corrected chi connectivity index (χ2v) is 9.26. The van der Waals surface area contributed by atoms with Gasteiger partial charge in [0.05, 0.1) is 18.1 Å². The van der Waals surface area contributed by atoms with Gasteiger partial charge >= 0.3 is 6.03 Å². The zero-order chi connectivity index (χ0) is 17.6. The lowest BCUT2D eigenvalue weighted by molar-refractivity contribution is 0.236. The first kappa shape index (κ1) is 18.7. The largest absolute Gasteiger partial charge is 0.372 e. The number of alkyl halides is 5. The molecule has 23 heavy (non-hydrogen) atoms. The highest BCUT2D eigenvalue weighted by Gasteiger charge is 2.53. The summed E-state index contributed by atoms with van der Waals surface area (Å²) < 4.78 is -2.46. The lowest BCUT2D eigenvalue weighted by Gasteiger charge is -2.30. The van der Waals surface area contributed by atoms with Gasteiger partial charge in [0.15, 0.2) is 0 Å². The Balaban J connectivity index is 2.71. The quantitative estimate of drug-likeness (QED) is 0.658. The number of halogens is 5. The molecule has 2 heterocycles. The van der Waals surface area contributed by atoms with Gasteiger partial charge in [-0.25, -0.2) is 4.79 Å². The molecule has 0 atom stereocenters. The van der Waals surface area contributed by atoms with Crippen LogP contribution in [0.2, 0.25) is 0 Å². The van der Waals surface area contributed by atoms with Crippen LogP contribution in [0.15, 0.2) is 12.4 Å². The van der Waals surface area contributed by atoms with Crippen LogP contribution in [0.4, 0.5) is 4.79 Å². The molecule has 2 aromatic rings. The monoisotopic (exact) mass is 418 g/mol. The van der Waals surface area contributed by atoms with E-state index in [0.717, 1.165) is 9.36 Å². The van der Waals surface area contributed by atoms with E-state index in [4.69, 9.17) is 58.0 Å².